The monoisotopic (exact) mass is 299 g/mol. The van der Waals surface area contributed by atoms with Gasteiger partial charge in [0.2, 0.25) is 0 Å². The van der Waals surface area contributed by atoms with Crippen LogP contribution >= 0.6 is 11.6 Å². The van der Waals surface area contributed by atoms with Gasteiger partial charge in [0.15, 0.2) is 5.69 Å². The van der Waals surface area contributed by atoms with Crippen molar-refractivity contribution in [1.82, 2.24) is 15.1 Å². The number of aliphatic carboxylic acids is 1. The second kappa shape index (κ2) is 6.26. The van der Waals surface area contributed by atoms with Crippen molar-refractivity contribution in [2.24, 2.45) is 0 Å². The van der Waals surface area contributed by atoms with E-state index in [0.29, 0.717) is 23.7 Å². The van der Waals surface area contributed by atoms with E-state index in [2.05, 4.69) is 10.2 Å². The number of carboxylic acid groups (broad SMARTS) is 1. The fraction of sp³-hybridized carbons (Fsp3) is 0.615. The predicted molar refractivity (Wildman–Crippen MR) is 73.9 cm³/mol. The normalized spacial score (nSPS) is 19.1. The third-order valence-corrected chi connectivity index (χ3v) is 4.12. The van der Waals surface area contributed by atoms with Gasteiger partial charge in [0.05, 0.1) is 10.7 Å². The number of piperidine rings is 1. The van der Waals surface area contributed by atoms with Crippen molar-refractivity contribution in [3.05, 3.63) is 16.4 Å². The average Bonchev–Trinajstić information content (AvgIpc) is 2.76. The molecule has 2 N–H and O–H groups in total. The van der Waals surface area contributed by atoms with E-state index in [-0.39, 0.29) is 24.1 Å². The lowest BCUT2D eigenvalue weighted by Crippen LogP contribution is -2.44. The lowest BCUT2D eigenvalue weighted by atomic mass is 9.97. The van der Waals surface area contributed by atoms with E-state index in [0.717, 1.165) is 19.3 Å². The highest BCUT2D eigenvalue weighted by molar-refractivity contribution is 6.34. The van der Waals surface area contributed by atoms with E-state index in [4.69, 9.17) is 16.7 Å². The highest BCUT2D eigenvalue weighted by Gasteiger charge is 2.30. The maximum absolute atomic E-state index is 12.5. The van der Waals surface area contributed by atoms with Crippen molar-refractivity contribution >= 4 is 23.5 Å². The minimum atomic E-state index is -0.836. The Balaban J connectivity index is 2.13. The van der Waals surface area contributed by atoms with Gasteiger partial charge in [0, 0.05) is 19.0 Å². The summed E-state index contributed by atoms with van der Waals surface area (Å²) >= 11 is 6.06. The van der Waals surface area contributed by atoms with Gasteiger partial charge in [-0.1, -0.05) is 11.6 Å². The fourth-order valence-corrected chi connectivity index (χ4v) is 2.72. The summed E-state index contributed by atoms with van der Waals surface area (Å²) in [6.07, 6.45) is 3.32. The molecule has 1 aromatic rings. The molecule has 1 aliphatic rings. The molecule has 6 nitrogen and oxygen atoms in total. The summed E-state index contributed by atoms with van der Waals surface area (Å²) in [6, 6.07) is -0.0413. The minimum Gasteiger partial charge on any atom is -0.481 e. The average molecular weight is 300 g/mol. The zero-order valence-electron chi connectivity index (χ0n) is 11.4. The summed E-state index contributed by atoms with van der Waals surface area (Å²) < 4.78 is 0. The first-order valence-electron chi connectivity index (χ1n) is 6.74. The molecule has 1 atom stereocenters. The van der Waals surface area contributed by atoms with Gasteiger partial charge < -0.3 is 10.0 Å². The summed E-state index contributed by atoms with van der Waals surface area (Å²) in [5.74, 6) is -1.05. The van der Waals surface area contributed by atoms with Gasteiger partial charge in [-0.2, -0.15) is 5.10 Å². The Hall–Kier alpha value is -1.56. The molecule has 0 spiro atoms. The van der Waals surface area contributed by atoms with E-state index in [1.54, 1.807) is 11.8 Å². The molecule has 0 aromatic carbocycles. The van der Waals surface area contributed by atoms with Crippen molar-refractivity contribution in [3.63, 3.8) is 0 Å². The molecule has 7 heteroatoms. The molecule has 1 amide bonds. The maximum atomic E-state index is 12.5. The van der Waals surface area contributed by atoms with E-state index in [9.17, 15) is 9.59 Å². The lowest BCUT2D eigenvalue weighted by molar-refractivity contribution is -0.137. The first-order chi connectivity index (χ1) is 9.50. The van der Waals surface area contributed by atoms with Crippen LogP contribution in [0.15, 0.2) is 0 Å². The van der Waals surface area contributed by atoms with Crippen LogP contribution in [-0.4, -0.2) is 44.7 Å². The standard InChI is InChI=1S/C13H18ClN3O3/c1-8-11(14)12(16-15-8)13(20)17-7-3-2-4-9(17)5-6-10(18)19/h9H,2-7H2,1H3,(H,15,16)(H,18,19). The van der Waals surface area contributed by atoms with Gasteiger partial charge in [-0.25, -0.2) is 0 Å². The highest BCUT2D eigenvalue weighted by atomic mass is 35.5. The van der Waals surface area contributed by atoms with Crippen LogP contribution in [0.5, 0.6) is 0 Å². The van der Waals surface area contributed by atoms with Crippen LogP contribution in [0, 0.1) is 6.92 Å². The molecule has 0 radical (unpaired) electrons. The SMILES string of the molecule is Cc1[nH]nc(C(=O)N2CCCCC2CCC(=O)O)c1Cl. The second-order valence-electron chi connectivity index (χ2n) is 5.09. The van der Waals surface area contributed by atoms with Crippen LogP contribution in [0.4, 0.5) is 0 Å². The number of halogens is 1. The fourth-order valence-electron chi connectivity index (χ4n) is 2.55. The Morgan fingerprint density at radius 1 is 1.50 bits per heavy atom. The van der Waals surface area contributed by atoms with Crippen molar-refractivity contribution in [1.29, 1.82) is 0 Å². The number of carbonyl (C=O) groups is 2. The van der Waals surface area contributed by atoms with Crippen LogP contribution in [0.1, 0.15) is 48.3 Å². The van der Waals surface area contributed by atoms with Crippen LogP contribution < -0.4 is 0 Å². The number of H-pyrrole nitrogens is 1. The van der Waals surface area contributed by atoms with Gasteiger partial charge in [0.25, 0.3) is 5.91 Å². The zero-order chi connectivity index (χ0) is 14.7. The molecule has 1 aliphatic heterocycles. The van der Waals surface area contributed by atoms with Gasteiger partial charge in [-0.15, -0.1) is 0 Å². The number of aromatic amines is 1. The number of amides is 1. The van der Waals surface area contributed by atoms with Crippen molar-refractivity contribution in [2.45, 2.75) is 45.1 Å². The Kier molecular flexibility index (Phi) is 4.65. The number of aryl methyl sites for hydroxylation is 1. The van der Waals surface area contributed by atoms with E-state index >= 15 is 0 Å². The largest absolute Gasteiger partial charge is 0.481 e. The number of hydrogen-bond acceptors (Lipinski definition) is 3. The number of aromatic nitrogens is 2. The Labute approximate surface area is 122 Å². The van der Waals surface area contributed by atoms with E-state index in [1.807, 2.05) is 0 Å². The van der Waals surface area contributed by atoms with Gasteiger partial charge in [-0.05, 0) is 32.6 Å². The molecule has 1 saturated heterocycles. The first-order valence-corrected chi connectivity index (χ1v) is 7.11. The number of likely N-dealkylation sites (tertiary alicyclic amines) is 1. The molecule has 1 fully saturated rings. The lowest BCUT2D eigenvalue weighted by Gasteiger charge is -2.35. The molecular weight excluding hydrogens is 282 g/mol. The molecular formula is C13H18ClN3O3. The van der Waals surface area contributed by atoms with Gasteiger partial charge >= 0.3 is 5.97 Å². The van der Waals surface area contributed by atoms with Gasteiger partial charge in [0.1, 0.15) is 0 Å². The quantitative estimate of drug-likeness (QED) is 0.892. The number of carboxylic acids is 1. The molecule has 0 saturated carbocycles. The zero-order valence-corrected chi connectivity index (χ0v) is 12.1. The molecule has 110 valence electrons. The molecule has 0 bridgehead atoms. The number of rotatable bonds is 4. The van der Waals surface area contributed by atoms with Crippen molar-refractivity contribution < 1.29 is 14.7 Å². The summed E-state index contributed by atoms with van der Waals surface area (Å²) in [6.45, 7) is 2.38. The Bertz CT molecular complexity index is 515. The van der Waals surface area contributed by atoms with Crippen molar-refractivity contribution in [3.8, 4) is 0 Å². The summed E-state index contributed by atoms with van der Waals surface area (Å²) in [7, 11) is 0. The number of nitrogens with zero attached hydrogens (tertiary/aromatic N) is 2. The second-order valence-corrected chi connectivity index (χ2v) is 5.47. The van der Waals surface area contributed by atoms with Crippen LogP contribution in [-0.2, 0) is 4.79 Å². The smallest absolute Gasteiger partial charge is 0.303 e. The van der Waals surface area contributed by atoms with Crippen LogP contribution in [0.25, 0.3) is 0 Å². The highest BCUT2D eigenvalue weighted by Crippen LogP contribution is 2.25. The third kappa shape index (κ3) is 3.12. The van der Waals surface area contributed by atoms with Crippen LogP contribution in [0.3, 0.4) is 0 Å². The third-order valence-electron chi connectivity index (χ3n) is 3.65. The number of carbonyl (C=O) groups excluding carboxylic acids is 1. The minimum absolute atomic E-state index is 0.0413. The van der Waals surface area contributed by atoms with E-state index < -0.39 is 5.97 Å². The summed E-state index contributed by atoms with van der Waals surface area (Å²) in [4.78, 5) is 24.9. The Morgan fingerprint density at radius 2 is 2.25 bits per heavy atom. The van der Waals surface area contributed by atoms with Crippen molar-refractivity contribution in [2.75, 3.05) is 6.54 Å². The molecule has 2 heterocycles. The topological polar surface area (TPSA) is 86.3 Å². The molecule has 0 aliphatic carbocycles. The first kappa shape index (κ1) is 14.8. The molecule has 1 aromatic heterocycles. The Morgan fingerprint density at radius 3 is 2.85 bits per heavy atom. The predicted octanol–water partition coefficient (Wildman–Crippen LogP) is 2.23. The van der Waals surface area contributed by atoms with Gasteiger partial charge in [-0.3, -0.25) is 14.7 Å². The summed E-state index contributed by atoms with van der Waals surface area (Å²) in [5.41, 5.74) is 0.889. The number of hydrogen-bond donors (Lipinski definition) is 2. The molecule has 20 heavy (non-hydrogen) atoms. The molecule has 1 unspecified atom stereocenters. The number of nitrogens with one attached hydrogen (secondary N) is 1. The maximum Gasteiger partial charge on any atom is 0.303 e. The summed E-state index contributed by atoms with van der Waals surface area (Å²) in [5, 5.41) is 15.8. The molecule has 2 rings (SSSR count). The van der Waals surface area contributed by atoms with Crippen LogP contribution in [0.2, 0.25) is 5.02 Å². The van der Waals surface area contributed by atoms with E-state index in [1.165, 1.54) is 0 Å².